The Kier molecular flexibility index (Phi) is 4.75. The third-order valence-electron chi connectivity index (χ3n) is 3.16. The first-order valence-corrected chi connectivity index (χ1v) is 7.02. The van der Waals surface area contributed by atoms with E-state index in [-0.39, 0.29) is 40.1 Å². The topological polar surface area (TPSA) is 110 Å². The number of rotatable bonds is 4. The summed E-state index contributed by atoms with van der Waals surface area (Å²) >= 11 is 5.73. The van der Waals surface area contributed by atoms with Crippen LogP contribution in [0.4, 0.5) is 17.1 Å². The molecule has 2 rings (SSSR count). The van der Waals surface area contributed by atoms with Crippen LogP contribution in [0.25, 0.3) is 0 Å². The van der Waals surface area contributed by atoms with Gasteiger partial charge in [0.25, 0.3) is 11.2 Å². The molecule has 0 bridgehead atoms. The smallest absolute Gasteiger partial charge is 0.298 e. The highest BCUT2D eigenvalue weighted by molar-refractivity contribution is 6.30. The molecule has 0 amide bonds. The van der Waals surface area contributed by atoms with Crippen LogP contribution in [0.3, 0.4) is 0 Å². The van der Waals surface area contributed by atoms with E-state index in [2.05, 4.69) is 10.2 Å². The first kappa shape index (κ1) is 16.6. The zero-order chi connectivity index (χ0) is 17.1. The standard InChI is InChI=1S/C14H13ClN4O4/c1-3-18-12(20)6-8(2)13(14(18)21)17-16-10-5-4-9(15)7-11(10)19(22)23/h4-7,21H,3H2,1-2H3. The van der Waals surface area contributed by atoms with E-state index in [9.17, 15) is 20.0 Å². The lowest BCUT2D eigenvalue weighted by Crippen LogP contribution is -2.18. The van der Waals surface area contributed by atoms with Crippen LogP contribution in [0.1, 0.15) is 12.5 Å². The molecule has 0 aliphatic carbocycles. The van der Waals surface area contributed by atoms with Crippen molar-refractivity contribution in [1.82, 2.24) is 4.57 Å². The molecule has 23 heavy (non-hydrogen) atoms. The molecule has 1 aromatic carbocycles. The van der Waals surface area contributed by atoms with E-state index >= 15 is 0 Å². The molecular weight excluding hydrogens is 324 g/mol. The maximum atomic E-state index is 11.7. The number of azo groups is 1. The lowest BCUT2D eigenvalue weighted by molar-refractivity contribution is -0.384. The number of aryl methyl sites for hydroxylation is 1. The predicted octanol–water partition coefficient (Wildman–Crippen LogP) is 3.86. The number of hydrogen-bond donors (Lipinski definition) is 1. The van der Waals surface area contributed by atoms with Crippen LogP contribution in [-0.4, -0.2) is 14.6 Å². The summed E-state index contributed by atoms with van der Waals surface area (Å²) in [6, 6.07) is 5.28. The Labute approximate surface area is 135 Å². The molecule has 0 aliphatic rings. The van der Waals surface area contributed by atoms with Gasteiger partial charge >= 0.3 is 0 Å². The van der Waals surface area contributed by atoms with Crippen LogP contribution in [0, 0.1) is 17.0 Å². The lowest BCUT2D eigenvalue weighted by atomic mass is 10.2. The monoisotopic (exact) mass is 336 g/mol. The molecule has 0 unspecified atom stereocenters. The zero-order valence-corrected chi connectivity index (χ0v) is 13.1. The summed E-state index contributed by atoms with van der Waals surface area (Å²) in [7, 11) is 0. The number of nitro groups is 1. The Morgan fingerprint density at radius 3 is 2.65 bits per heavy atom. The van der Waals surface area contributed by atoms with Gasteiger partial charge in [-0.15, -0.1) is 10.2 Å². The van der Waals surface area contributed by atoms with Gasteiger partial charge in [0.05, 0.1) is 4.92 Å². The van der Waals surface area contributed by atoms with Crippen molar-refractivity contribution in [2.24, 2.45) is 10.2 Å². The summed E-state index contributed by atoms with van der Waals surface area (Å²) in [4.78, 5) is 22.1. The Balaban J connectivity index is 2.54. The predicted molar refractivity (Wildman–Crippen MR) is 85.1 cm³/mol. The van der Waals surface area contributed by atoms with E-state index in [1.807, 2.05) is 0 Å². The third kappa shape index (κ3) is 3.37. The number of aromatic hydroxyl groups is 1. The summed E-state index contributed by atoms with van der Waals surface area (Å²) < 4.78 is 1.12. The minimum atomic E-state index is -0.625. The highest BCUT2D eigenvalue weighted by Crippen LogP contribution is 2.34. The van der Waals surface area contributed by atoms with Crippen LogP contribution >= 0.6 is 11.6 Å². The molecule has 0 radical (unpaired) electrons. The van der Waals surface area contributed by atoms with Gasteiger partial charge in [-0.3, -0.25) is 19.5 Å². The van der Waals surface area contributed by atoms with Gasteiger partial charge in [0.15, 0.2) is 5.69 Å². The van der Waals surface area contributed by atoms with Gasteiger partial charge in [0.2, 0.25) is 5.88 Å². The van der Waals surface area contributed by atoms with Crippen molar-refractivity contribution >= 4 is 28.7 Å². The average molecular weight is 337 g/mol. The highest BCUT2D eigenvalue weighted by atomic mass is 35.5. The fourth-order valence-corrected chi connectivity index (χ4v) is 2.17. The largest absolute Gasteiger partial charge is 0.493 e. The molecule has 1 aromatic heterocycles. The van der Waals surface area contributed by atoms with Crippen LogP contribution in [-0.2, 0) is 6.54 Å². The summed E-state index contributed by atoms with van der Waals surface area (Å²) in [6.07, 6.45) is 0. The minimum Gasteiger partial charge on any atom is -0.493 e. The summed E-state index contributed by atoms with van der Waals surface area (Å²) in [5.41, 5.74) is -0.179. The summed E-state index contributed by atoms with van der Waals surface area (Å²) in [5.74, 6) is -0.335. The van der Waals surface area contributed by atoms with Crippen molar-refractivity contribution in [2.45, 2.75) is 20.4 Å². The van der Waals surface area contributed by atoms with E-state index in [0.29, 0.717) is 5.56 Å². The van der Waals surface area contributed by atoms with E-state index < -0.39 is 4.92 Å². The number of halogens is 1. The molecule has 9 heteroatoms. The van der Waals surface area contributed by atoms with E-state index in [0.717, 1.165) is 10.6 Å². The van der Waals surface area contributed by atoms with Crippen molar-refractivity contribution < 1.29 is 10.0 Å². The molecule has 2 aromatic rings. The van der Waals surface area contributed by atoms with Crippen LogP contribution in [0.2, 0.25) is 5.02 Å². The molecule has 0 spiro atoms. The SMILES string of the molecule is CCn1c(O)c(N=Nc2ccc(Cl)cc2[N+](=O)[O-])c(C)cc1=O. The second kappa shape index (κ2) is 6.57. The van der Waals surface area contributed by atoms with Crippen molar-refractivity contribution in [2.75, 3.05) is 0 Å². The number of nitrogens with zero attached hydrogens (tertiary/aromatic N) is 4. The molecule has 1 heterocycles. The second-order valence-corrected chi connectivity index (χ2v) is 5.11. The maximum Gasteiger partial charge on any atom is 0.298 e. The Bertz CT molecular complexity index is 861. The molecule has 120 valence electrons. The van der Waals surface area contributed by atoms with Crippen LogP contribution in [0.5, 0.6) is 5.88 Å². The van der Waals surface area contributed by atoms with Crippen molar-refractivity contribution in [1.29, 1.82) is 0 Å². The Hall–Kier alpha value is -2.74. The first-order valence-electron chi connectivity index (χ1n) is 6.64. The van der Waals surface area contributed by atoms with Gasteiger partial charge in [0, 0.05) is 23.7 Å². The fraction of sp³-hybridized carbons (Fsp3) is 0.214. The van der Waals surface area contributed by atoms with E-state index in [4.69, 9.17) is 11.6 Å². The molecular formula is C14H13ClN4O4. The number of hydrogen-bond acceptors (Lipinski definition) is 6. The second-order valence-electron chi connectivity index (χ2n) is 4.67. The van der Waals surface area contributed by atoms with Crippen LogP contribution in [0.15, 0.2) is 39.3 Å². The quantitative estimate of drug-likeness (QED) is 0.519. The van der Waals surface area contributed by atoms with Gasteiger partial charge < -0.3 is 5.11 Å². The normalized spacial score (nSPS) is 11.1. The minimum absolute atomic E-state index is 0.00699. The van der Waals surface area contributed by atoms with Gasteiger partial charge in [-0.1, -0.05) is 11.6 Å². The molecule has 8 nitrogen and oxygen atoms in total. The Morgan fingerprint density at radius 2 is 2.04 bits per heavy atom. The molecule has 1 N–H and O–H groups in total. The van der Waals surface area contributed by atoms with Crippen molar-refractivity contribution in [3.63, 3.8) is 0 Å². The zero-order valence-electron chi connectivity index (χ0n) is 12.4. The van der Waals surface area contributed by atoms with Gasteiger partial charge in [-0.25, -0.2) is 0 Å². The summed E-state index contributed by atoms with van der Waals surface area (Å²) in [5, 5.41) is 29.0. The molecule has 0 fully saturated rings. The van der Waals surface area contributed by atoms with Crippen molar-refractivity contribution in [3.05, 3.63) is 55.3 Å². The van der Waals surface area contributed by atoms with E-state index in [1.165, 1.54) is 18.2 Å². The number of nitro benzene ring substituents is 1. The molecule has 0 atom stereocenters. The maximum absolute atomic E-state index is 11.7. The summed E-state index contributed by atoms with van der Waals surface area (Å²) in [6.45, 7) is 3.54. The molecule has 0 saturated carbocycles. The van der Waals surface area contributed by atoms with Gasteiger partial charge in [-0.2, -0.15) is 0 Å². The van der Waals surface area contributed by atoms with Crippen molar-refractivity contribution in [3.8, 4) is 5.88 Å². The number of pyridine rings is 1. The van der Waals surface area contributed by atoms with Gasteiger partial charge in [0.1, 0.15) is 5.69 Å². The highest BCUT2D eigenvalue weighted by Gasteiger charge is 2.15. The first-order chi connectivity index (χ1) is 10.8. The fourth-order valence-electron chi connectivity index (χ4n) is 2.00. The molecule has 0 saturated heterocycles. The molecule has 0 aliphatic heterocycles. The number of aromatic nitrogens is 1. The van der Waals surface area contributed by atoms with E-state index in [1.54, 1.807) is 13.8 Å². The van der Waals surface area contributed by atoms with Gasteiger partial charge in [-0.05, 0) is 31.5 Å². The average Bonchev–Trinajstić information content (AvgIpc) is 2.48. The third-order valence-corrected chi connectivity index (χ3v) is 3.39. The number of benzene rings is 1. The Morgan fingerprint density at radius 1 is 1.35 bits per heavy atom. The van der Waals surface area contributed by atoms with Crippen LogP contribution < -0.4 is 5.56 Å². The lowest BCUT2D eigenvalue weighted by Gasteiger charge is -2.09.